The third-order valence-corrected chi connectivity index (χ3v) is 5.82. The minimum absolute atomic E-state index is 0.0440. The van der Waals surface area contributed by atoms with Crippen molar-refractivity contribution in [2.24, 2.45) is 0 Å². The van der Waals surface area contributed by atoms with Gasteiger partial charge in [0.1, 0.15) is 0 Å². The van der Waals surface area contributed by atoms with E-state index in [4.69, 9.17) is 16.3 Å². The number of carbonyl (C=O) groups is 2. The van der Waals surface area contributed by atoms with E-state index in [-0.39, 0.29) is 40.5 Å². The Bertz CT molecular complexity index is 952. The summed E-state index contributed by atoms with van der Waals surface area (Å²) in [6.45, 7) is 0.912. The Labute approximate surface area is 176 Å². The smallest absolute Gasteiger partial charge is 0.255 e. The molecule has 2 amide bonds. The molecule has 9 heteroatoms. The van der Waals surface area contributed by atoms with Crippen LogP contribution in [0.4, 0.5) is 5.69 Å². The third kappa shape index (κ3) is 5.22. The standard InChI is InChI=1S/C20H21ClN2O5S/c1-28-15-8-9-23(12-15)20(25)16-7-6-14(11-18(16)29(26)27)22-19(24)10-13-4-2-3-5-17(13)21/h2-7,11,15H,8-10,12H2,1H3,(H,22,24)(H,26,27)/p-1. The summed E-state index contributed by atoms with van der Waals surface area (Å²) >= 11 is 3.42. The van der Waals surface area contributed by atoms with Crippen LogP contribution in [0.2, 0.25) is 5.02 Å². The van der Waals surface area contributed by atoms with E-state index in [9.17, 15) is 18.4 Å². The van der Waals surface area contributed by atoms with Gasteiger partial charge in [0.15, 0.2) is 0 Å². The van der Waals surface area contributed by atoms with E-state index in [1.807, 2.05) is 0 Å². The molecular formula is C20H20ClN2O5S-. The Morgan fingerprint density at radius 3 is 2.72 bits per heavy atom. The number of likely N-dealkylation sites (tertiary alicyclic amines) is 1. The number of rotatable bonds is 6. The van der Waals surface area contributed by atoms with Gasteiger partial charge in [0.25, 0.3) is 5.91 Å². The molecular weight excluding hydrogens is 416 g/mol. The van der Waals surface area contributed by atoms with Gasteiger partial charge in [-0.05, 0) is 47.3 Å². The van der Waals surface area contributed by atoms with Gasteiger partial charge in [-0.2, -0.15) is 0 Å². The van der Waals surface area contributed by atoms with Gasteiger partial charge in [-0.1, -0.05) is 29.8 Å². The van der Waals surface area contributed by atoms with E-state index in [1.54, 1.807) is 36.3 Å². The summed E-state index contributed by atoms with van der Waals surface area (Å²) in [6, 6.07) is 11.2. The van der Waals surface area contributed by atoms with Crippen molar-refractivity contribution in [2.75, 3.05) is 25.5 Å². The van der Waals surface area contributed by atoms with E-state index in [1.165, 1.54) is 18.2 Å². The molecule has 0 aliphatic carbocycles. The highest BCUT2D eigenvalue weighted by Crippen LogP contribution is 2.23. The van der Waals surface area contributed by atoms with Crippen molar-refractivity contribution in [2.45, 2.75) is 23.8 Å². The summed E-state index contributed by atoms with van der Waals surface area (Å²) in [4.78, 5) is 26.4. The fourth-order valence-electron chi connectivity index (χ4n) is 3.21. The summed E-state index contributed by atoms with van der Waals surface area (Å²) in [5, 5.41) is 3.13. The number of nitrogens with zero attached hydrogens (tertiary/aromatic N) is 1. The molecule has 1 heterocycles. The molecule has 0 bridgehead atoms. The number of carbonyl (C=O) groups excluding carboxylic acids is 2. The van der Waals surface area contributed by atoms with E-state index < -0.39 is 11.1 Å². The molecule has 0 saturated carbocycles. The molecule has 0 aromatic heterocycles. The van der Waals surface area contributed by atoms with E-state index >= 15 is 0 Å². The predicted molar refractivity (Wildman–Crippen MR) is 109 cm³/mol. The molecule has 29 heavy (non-hydrogen) atoms. The number of nitrogens with one attached hydrogen (secondary N) is 1. The Hall–Kier alpha value is -2.26. The van der Waals surface area contributed by atoms with Gasteiger partial charge in [0.05, 0.1) is 18.1 Å². The molecule has 1 saturated heterocycles. The second kappa shape index (κ2) is 9.49. The van der Waals surface area contributed by atoms with Crippen LogP contribution in [0.3, 0.4) is 0 Å². The normalized spacial score (nSPS) is 17.2. The van der Waals surface area contributed by atoms with Crippen molar-refractivity contribution in [3.8, 4) is 0 Å². The van der Waals surface area contributed by atoms with Gasteiger partial charge in [-0.15, -0.1) is 0 Å². The van der Waals surface area contributed by atoms with Crippen LogP contribution in [0.5, 0.6) is 0 Å². The zero-order chi connectivity index (χ0) is 21.0. The van der Waals surface area contributed by atoms with Crippen molar-refractivity contribution in [1.29, 1.82) is 0 Å². The van der Waals surface area contributed by atoms with Crippen molar-refractivity contribution < 1.29 is 23.1 Å². The maximum absolute atomic E-state index is 12.7. The Morgan fingerprint density at radius 2 is 2.07 bits per heavy atom. The van der Waals surface area contributed by atoms with Crippen LogP contribution in [-0.2, 0) is 27.0 Å². The summed E-state index contributed by atoms with van der Waals surface area (Å²) in [7, 11) is 1.58. The highest BCUT2D eigenvalue weighted by Gasteiger charge is 2.28. The monoisotopic (exact) mass is 435 g/mol. The Morgan fingerprint density at radius 1 is 1.31 bits per heavy atom. The minimum atomic E-state index is -2.64. The average Bonchev–Trinajstić information content (AvgIpc) is 3.18. The van der Waals surface area contributed by atoms with Gasteiger partial charge in [-0.25, -0.2) is 0 Å². The zero-order valence-electron chi connectivity index (χ0n) is 15.7. The number of halogens is 1. The van der Waals surface area contributed by atoms with Crippen LogP contribution in [0.15, 0.2) is 47.4 Å². The number of benzene rings is 2. The highest BCUT2D eigenvalue weighted by atomic mass is 35.5. The number of amides is 2. The number of ether oxygens (including phenoxy) is 1. The summed E-state index contributed by atoms with van der Waals surface area (Å²) in [6.07, 6.45) is 0.694. The minimum Gasteiger partial charge on any atom is -0.768 e. The topological polar surface area (TPSA) is 98.8 Å². The molecule has 2 unspecified atom stereocenters. The zero-order valence-corrected chi connectivity index (χ0v) is 17.3. The van der Waals surface area contributed by atoms with E-state index in [2.05, 4.69) is 5.32 Å². The van der Waals surface area contributed by atoms with E-state index in [0.29, 0.717) is 30.1 Å². The van der Waals surface area contributed by atoms with Crippen LogP contribution >= 0.6 is 11.6 Å². The van der Waals surface area contributed by atoms with Crippen LogP contribution in [0, 0.1) is 0 Å². The fourth-order valence-corrected chi connectivity index (χ4v) is 3.97. The first kappa shape index (κ1) is 21.4. The largest absolute Gasteiger partial charge is 0.768 e. The number of anilines is 1. The van der Waals surface area contributed by atoms with Gasteiger partial charge in [-0.3, -0.25) is 13.8 Å². The Balaban J connectivity index is 1.76. The predicted octanol–water partition coefficient (Wildman–Crippen LogP) is 2.62. The maximum Gasteiger partial charge on any atom is 0.255 e. The van der Waals surface area contributed by atoms with Crippen molar-refractivity contribution in [3.05, 3.63) is 58.6 Å². The number of hydrogen-bond donors (Lipinski definition) is 1. The molecule has 0 spiro atoms. The highest BCUT2D eigenvalue weighted by molar-refractivity contribution is 7.79. The molecule has 2 atom stereocenters. The molecule has 1 fully saturated rings. The molecule has 1 N–H and O–H groups in total. The quantitative estimate of drug-likeness (QED) is 0.703. The summed E-state index contributed by atoms with van der Waals surface area (Å²) in [5.41, 5.74) is 1.01. The average molecular weight is 436 g/mol. The van der Waals surface area contributed by atoms with Crippen LogP contribution in [0.25, 0.3) is 0 Å². The lowest BCUT2D eigenvalue weighted by molar-refractivity contribution is -0.115. The van der Waals surface area contributed by atoms with Crippen molar-refractivity contribution >= 4 is 40.2 Å². The van der Waals surface area contributed by atoms with Crippen molar-refractivity contribution in [1.82, 2.24) is 4.90 Å². The summed E-state index contributed by atoms with van der Waals surface area (Å²) in [5.74, 6) is -0.722. The fraction of sp³-hybridized carbons (Fsp3) is 0.300. The van der Waals surface area contributed by atoms with Crippen LogP contribution in [-0.4, -0.2) is 51.8 Å². The van der Waals surface area contributed by atoms with Crippen LogP contribution < -0.4 is 5.32 Å². The first-order chi connectivity index (χ1) is 13.9. The second-order valence-electron chi connectivity index (χ2n) is 6.66. The summed E-state index contributed by atoms with van der Waals surface area (Å²) < 4.78 is 28.7. The molecule has 154 valence electrons. The first-order valence-electron chi connectivity index (χ1n) is 8.97. The number of hydrogen-bond acceptors (Lipinski definition) is 5. The molecule has 2 aromatic carbocycles. The van der Waals surface area contributed by atoms with Crippen LogP contribution in [0.1, 0.15) is 22.3 Å². The lowest BCUT2D eigenvalue weighted by Crippen LogP contribution is -2.30. The molecule has 2 aromatic rings. The van der Waals surface area contributed by atoms with Crippen molar-refractivity contribution in [3.63, 3.8) is 0 Å². The molecule has 0 radical (unpaired) electrons. The third-order valence-electron chi connectivity index (χ3n) is 4.75. The Kier molecular flexibility index (Phi) is 7.02. The van der Waals surface area contributed by atoms with Gasteiger partial charge >= 0.3 is 0 Å². The second-order valence-corrected chi connectivity index (χ2v) is 7.98. The number of methoxy groups -OCH3 is 1. The van der Waals surface area contributed by atoms with Gasteiger partial charge < -0.3 is 19.5 Å². The lowest BCUT2D eigenvalue weighted by atomic mass is 10.1. The van der Waals surface area contributed by atoms with E-state index in [0.717, 1.165) is 0 Å². The SMILES string of the molecule is COC1CCN(C(=O)c2ccc(NC(=O)Cc3ccccc3Cl)cc2S(=O)[O-])C1. The van der Waals surface area contributed by atoms with Gasteiger partial charge in [0.2, 0.25) is 5.91 Å². The molecule has 1 aliphatic rings. The molecule has 7 nitrogen and oxygen atoms in total. The molecule has 1 aliphatic heterocycles. The van der Waals surface area contributed by atoms with Gasteiger partial charge in [0, 0.05) is 35.8 Å². The lowest BCUT2D eigenvalue weighted by Gasteiger charge is -2.20. The first-order valence-corrected chi connectivity index (χ1v) is 10.4. The molecule has 3 rings (SSSR count). The maximum atomic E-state index is 12.7.